The molecular formula is C17H20ClN3O3S2. The second-order valence-corrected chi connectivity index (χ2v) is 9.58. The minimum absolute atomic E-state index is 0.185. The van der Waals surface area contributed by atoms with Crippen molar-refractivity contribution in [2.45, 2.75) is 11.8 Å². The third-order valence-electron chi connectivity index (χ3n) is 4.31. The van der Waals surface area contributed by atoms with Gasteiger partial charge in [-0.25, -0.2) is 8.42 Å². The molecule has 1 amide bonds. The van der Waals surface area contributed by atoms with Crippen molar-refractivity contribution in [3.8, 4) is 0 Å². The van der Waals surface area contributed by atoms with Gasteiger partial charge in [0.25, 0.3) is 5.91 Å². The van der Waals surface area contributed by atoms with Gasteiger partial charge in [0.2, 0.25) is 10.0 Å². The molecule has 140 valence electrons. The molecule has 0 bridgehead atoms. The minimum atomic E-state index is -3.58. The summed E-state index contributed by atoms with van der Waals surface area (Å²) >= 11 is 7.02. The van der Waals surface area contributed by atoms with Gasteiger partial charge in [0.1, 0.15) is 0 Å². The monoisotopic (exact) mass is 413 g/mol. The van der Waals surface area contributed by atoms with Crippen molar-refractivity contribution >= 4 is 44.6 Å². The van der Waals surface area contributed by atoms with Crippen molar-refractivity contribution in [1.82, 2.24) is 9.21 Å². The highest BCUT2D eigenvalue weighted by Gasteiger charge is 2.28. The molecule has 1 aromatic heterocycles. The van der Waals surface area contributed by atoms with Crippen molar-refractivity contribution in [1.29, 1.82) is 0 Å². The molecule has 1 fully saturated rings. The number of nitrogens with one attached hydrogen (secondary N) is 1. The average Bonchev–Trinajstić information content (AvgIpc) is 3.08. The number of hydrogen-bond acceptors (Lipinski definition) is 5. The van der Waals surface area contributed by atoms with Crippen LogP contribution in [0.3, 0.4) is 0 Å². The Labute approximate surface area is 162 Å². The summed E-state index contributed by atoms with van der Waals surface area (Å²) in [7, 11) is -3.58. The van der Waals surface area contributed by atoms with Gasteiger partial charge < -0.3 is 10.2 Å². The number of thiophene rings is 1. The van der Waals surface area contributed by atoms with Crippen LogP contribution in [0.25, 0.3) is 0 Å². The van der Waals surface area contributed by atoms with Gasteiger partial charge in [-0.1, -0.05) is 24.6 Å². The number of hydrogen-bond donors (Lipinski definition) is 1. The molecule has 1 aromatic carbocycles. The first kappa shape index (κ1) is 19.3. The number of likely N-dealkylation sites (N-methyl/N-ethyl adjacent to an activating group) is 1. The second-order valence-electron chi connectivity index (χ2n) is 5.92. The van der Waals surface area contributed by atoms with E-state index in [1.165, 1.54) is 21.7 Å². The molecule has 2 heterocycles. The van der Waals surface area contributed by atoms with E-state index in [0.29, 0.717) is 28.0 Å². The summed E-state index contributed by atoms with van der Waals surface area (Å²) in [5, 5.41) is 2.72. The molecule has 0 unspecified atom stereocenters. The molecule has 0 saturated carbocycles. The van der Waals surface area contributed by atoms with E-state index >= 15 is 0 Å². The van der Waals surface area contributed by atoms with E-state index in [4.69, 9.17) is 11.6 Å². The average molecular weight is 414 g/mol. The summed E-state index contributed by atoms with van der Waals surface area (Å²) in [6.45, 7) is 5.39. The van der Waals surface area contributed by atoms with Gasteiger partial charge in [-0.05, 0) is 36.9 Å². The van der Waals surface area contributed by atoms with Gasteiger partial charge in [0.05, 0.1) is 14.1 Å². The third-order valence-corrected chi connectivity index (χ3v) is 7.43. The first-order valence-electron chi connectivity index (χ1n) is 8.29. The summed E-state index contributed by atoms with van der Waals surface area (Å²) in [6.07, 6.45) is 0. The molecule has 1 aliphatic heterocycles. The van der Waals surface area contributed by atoms with Crippen LogP contribution in [0.2, 0.25) is 4.34 Å². The molecule has 9 heteroatoms. The third kappa shape index (κ3) is 4.27. The van der Waals surface area contributed by atoms with E-state index in [0.717, 1.165) is 19.6 Å². The highest BCUT2D eigenvalue weighted by atomic mass is 35.5. The van der Waals surface area contributed by atoms with Crippen molar-refractivity contribution in [2.75, 3.05) is 38.0 Å². The van der Waals surface area contributed by atoms with Crippen LogP contribution in [0.15, 0.2) is 41.3 Å². The number of sulfonamides is 1. The summed E-state index contributed by atoms with van der Waals surface area (Å²) in [5.41, 5.74) is 0.438. The maximum atomic E-state index is 12.9. The quantitative estimate of drug-likeness (QED) is 0.818. The van der Waals surface area contributed by atoms with Gasteiger partial charge >= 0.3 is 0 Å². The van der Waals surface area contributed by atoms with Crippen LogP contribution >= 0.6 is 22.9 Å². The highest BCUT2D eigenvalue weighted by molar-refractivity contribution is 7.89. The number of carbonyl (C=O) groups excluding carboxylic acids is 1. The lowest BCUT2D eigenvalue weighted by atomic mass is 10.3. The minimum Gasteiger partial charge on any atom is -0.321 e. The van der Waals surface area contributed by atoms with Gasteiger partial charge in [-0.3, -0.25) is 4.79 Å². The normalized spacial score (nSPS) is 16.5. The van der Waals surface area contributed by atoms with Crippen LogP contribution in [0.4, 0.5) is 5.69 Å². The Bertz CT molecular complexity index is 890. The van der Waals surface area contributed by atoms with Gasteiger partial charge in [0.15, 0.2) is 0 Å². The summed E-state index contributed by atoms with van der Waals surface area (Å²) in [4.78, 5) is 15.1. The molecule has 6 nitrogen and oxygen atoms in total. The van der Waals surface area contributed by atoms with Gasteiger partial charge in [-0.2, -0.15) is 4.31 Å². The smallest absolute Gasteiger partial charge is 0.265 e. The van der Waals surface area contributed by atoms with Crippen LogP contribution < -0.4 is 5.32 Å². The van der Waals surface area contributed by atoms with Crippen LogP contribution in [-0.2, 0) is 10.0 Å². The molecule has 1 N–H and O–H groups in total. The number of benzene rings is 1. The topological polar surface area (TPSA) is 69.7 Å². The number of nitrogens with zero attached hydrogens (tertiary/aromatic N) is 2. The molecule has 0 radical (unpaired) electrons. The number of rotatable bonds is 5. The lowest BCUT2D eigenvalue weighted by Gasteiger charge is -2.33. The fraction of sp³-hybridized carbons (Fsp3) is 0.353. The molecule has 0 spiro atoms. The van der Waals surface area contributed by atoms with E-state index < -0.39 is 10.0 Å². The Morgan fingerprint density at radius 3 is 2.54 bits per heavy atom. The van der Waals surface area contributed by atoms with E-state index in [9.17, 15) is 13.2 Å². The molecule has 1 aliphatic rings. The highest BCUT2D eigenvalue weighted by Crippen LogP contribution is 2.24. The zero-order valence-corrected chi connectivity index (χ0v) is 16.7. The molecular weight excluding hydrogens is 394 g/mol. The second kappa shape index (κ2) is 8.06. The standard InChI is InChI=1S/C17H20ClN3O3S2/c1-2-20-8-10-21(11-9-20)26(23,24)14-5-3-4-13(12-14)19-17(22)15-6-7-16(18)25-15/h3-7,12H,2,8-11H2,1H3,(H,19,22). The first-order chi connectivity index (χ1) is 12.4. The molecule has 1 saturated heterocycles. The van der Waals surface area contributed by atoms with Gasteiger partial charge in [0, 0.05) is 31.9 Å². The van der Waals surface area contributed by atoms with Crippen molar-refractivity contribution in [3.05, 3.63) is 45.6 Å². The Kier molecular flexibility index (Phi) is 5.99. The number of anilines is 1. The maximum Gasteiger partial charge on any atom is 0.265 e. The summed E-state index contributed by atoms with van der Waals surface area (Å²) in [5.74, 6) is -0.312. The molecule has 0 atom stereocenters. The molecule has 3 rings (SSSR count). The van der Waals surface area contributed by atoms with Crippen molar-refractivity contribution in [3.63, 3.8) is 0 Å². The van der Waals surface area contributed by atoms with Crippen molar-refractivity contribution in [2.24, 2.45) is 0 Å². The van der Waals surface area contributed by atoms with Crippen LogP contribution in [0.1, 0.15) is 16.6 Å². The predicted molar refractivity (Wildman–Crippen MR) is 105 cm³/mol. The molecule has 26 heavy (non-hydrogen) atoms. The number of amides is 1. The maximum absolute atomic E-state index is 12.9. The SMILES string of the molecule is CCN1CCN(S(=O)(=O)c2cccc(NC(=O)c3ccc(Cl)s3)c2)CC1. The lowest BCUT2D eigenvalue weighted by Crippen LogP contribution is -2.48. The molecule has 2 aromatic rings. The Balaban J connectivity index is 1.75. The van der Waals surface area contributed by atoms with Crippen LogP contribution in [0, 0.1) is 0 Å². The Morgan fingerprint density at radius 2 is 1.92 bits per heavy atom. The fourth-order valence-corrected chi connectivity index (χ4v) is 5.21. The Morgan fingerprint density at radius 1 is 1.19 bits per heavy atom. The van der Waals surface area contributed by atoms with Gasteiger partial charge in [-0.15, -0.1) is 11.3 Å². The molecule has 0 aliphatic carbocycles. The number of halogens is 1. The van der Waals surface area contributed by atoms with Crippen molar-refractivity contribution < 1.29 is 13.2 Å². The summed E-state index contributed by atoms with van der Waals surface area (Å²) in [6, 6.07) is 9.63. The van der Waals surface area contributed by atoms with Crippen LogP contribution in [-0.4, -0.2) is 56.3 Å². The van der Waals surface area contributed by atoms with E-state index in [-0.39, 0.29) is 10.8 Å². The first-order valence-corrected chi connectivity index (χ1v) is 10.9. The number of piperazine rings is 1. The lowest BCUT2D eigenvalue weighted by molar-refractivity contribution is 0.103. The fourth-order valence-electron chi connectivity index (χ4n) is 2.80. The zero-order chi connectivity index (χ0) is 18.7. The van der Waals surface area contributed by atoms with Crippen LogP contribution in [0.5, 0.6) is 0 Å². The zero-order valence-electron chi connectivity index (χ0n) is 14.3. The number of carbonyl (C=O) groups is 1. The van der Waals surface area contributed by atoms with E-state index in [2.05, 4.69) is 17.1 Å². The Hall–Kier alpha value is -1.45. The summed E-state index contributed by atoms with van der Waals surface area (Å²) < 4.78 is 27.8. The van der Waals surface area contributed by atoms with E-state index in [1.807, 2.05) is 0 Å². The largest absolute Gasteiger partial charge is 0.321 e. The van der Waals surface area contributed by atoms with E-state index in [1.54, 1.807) is 30.3 Å². The predicted octanol–water partition coefficient (Wildman–Crippen LogP) is 2.98.